The number of aromatic nitrogens is 2. The van der Waals surface area contributed by atoms with Crippen LogP contribution < -0.4 is 5.32 Å². The Morgan fingerprint density at radius 1 is 1.53 bits per heavy atom. The predicted octanol–water partition coefficient (Wildman–Crippen LogP) is 3.34. The summed E-state index contributed by atoms with van der Waals surface area (Å²) >= 11 is 6.36. The van der Waals surface area contributed by atoms with Gasteiger partial charge in [0.15, 0.2) is 0 Å². The average Bonchev–Trinajstić information content (AvgIpc) is 2.93. The molecule has 2 heterocycles. The number of halogens is 1. The highest BCUT2D eigenvalue weighted by atomic mass is 35.5. The van der Waals surface area contributed by atoms with Crippen molar-refractivity contribution in [2.24, 2.45) is 0 Å². The monoisotopic (exact) mass is 285 g/mol. The Kier molecular flexibility index (Phi) is 4.87. The van der Waals surface area contributed by atoms with Crippen LogP contribution in [-0.4, -0.2) is 28.5 Å². The quantitative estimate of drug-likeness (QED) is 0.902. The lowest BCUT2D eigenvalue weighted by Gasteiger charge is -2.26. The second-order valence-corrected chi connectivity index (χ2v) is 5.92. The molecule has 0 radical (unpaired) electrons. The normalized spacial score (nSPS) is 25.2. The van der Waals surface area contributed by atoms with Gasteiger partial charge < -0.3 is 10.1 Å². The van der Waals surface area contributed by atoms with Crippen LogP contribution in [0.1, 0.15) is 58.3 Å². The molecule has 0 aliphatic carbocycles. The molecule has 4 nitrogen and oxygen atoms in total. The first-order valence-corrected chi connectivity index (χ1v) is 7.54. The third kappa shape index (κ3) is 3.12. The van der Waals surface area contributed by atoms with E-state index in [1.54, 1.807) is 6.20 Å². The van der Waals surface area contributed by atoms with E-state index in [4.69, 9.17) is 16.3 Å². The van der Waals surface area contributed by atoms with Crippen LogP contribution in [0.5, 0.6) is 0 Å². The largest absolute Gasteiger partial charge is 0.373 e. The first-order valence-electron chi connectivity index (χ1n) is 7.16. The van der Waals surface area contributed by atoms with Gasteiger partial charge in [-0.05, 0) is 40.2 Å². The lowest BCUT2D eigenvalue weighted by molar-refractivity contribution is 0.0297. The van der Waals surface area contributed by atoms with Gasteiger partial charge in [-0.1, -0.05) is 18.5 Å². The minimum atomic E-state index is 0.118. The summed E-state index contributed by atoms with van der Waals surface area (Å²) in [7, 11) is 0. The molecule has 1 saturated heterocycles. The Balaban J connectivity index is 2.30. The predicted molar refractivity (Wildman–Crippen MR) is 77.6 cm³/mol. The molecule has 0 amide bonds. The van der Waals surface area contributed by atoms with E-state index in [2.05, 4.69) is 38.1 Å². The zero-order chi connectivity index (χ0) is 14.0. The summed E-state index contributed by atoms with van der Waals surface area (Å²) in [5.41, 5.74) is 1.05. The van der Waals surface area contributed by atoms with Crippen molar-refractivity contribution in [3.63, 3.8) is 0 Å². The molecule has 19 heavy (non-hydrogen) atoms. The molecule has 0 spiro atoms. The van der Waals surface area contributed by atoms with Crippen LogP contribution in [0.15, 0.2) is 6.20 Å². The van der Waals surface area contributed by atoms with E-state index in [0.29, 0.717) is 12.1 Å². The van der Waals surface area contributed by atoms with Crippen molar-refractivity contribution in [1.82, 2.24) is 15.1 Å². The van der Waals surface area contributed by atoms with E-state index in [1.165, 1.54) is 0 Å². The van der Waals surface area contributed by atoms with E-state index in [1.807, 2.05) is 4.68 Å². The fourth-order valence-corrected chi connectivity index (χ4v) is 3.00. The van der Waals surface area contributed by atoms with Crippen LogP contribution in [0, 0.1) is 0 Å². The first-order chi connectivity index (χ1) is 9.04. The molecule has 108 valence electrons. The average molecular weight is 286 g/mol. The molecule has 1 N–H and O–H groups in total. The van der Waals surface area contributed by atoms with Gasteiger partial charge in [0.2, 0.25) is 0 Å². The molecule has 3 unspecified atom stereocenters. The molecular weight excluding hydrogens is 262 g/mol. The van der Waals surface area contributed by atoms with Gasteiger partial charge in [-0.3, -0.25) is 4.68 Å². The number of likely N-dealkylation sites (N-methyl/N-ethyl adjacent to an activating group) is 1. The maximum Gasteiger partial charge on any atom is 0.0835 e. The highest BCUT2D eigenvalue weighted by Crippen LogP contribution is 2.34. The highest BCUT2D eigenvalue weighted by molar-refractivity contribution is 6.31. The van der Waals surface area contributed by atoms with Crippen LogP contribution in [0.2, 0.25) is 5.02 Å². The highest BCUT2D eigenvalue weighted by Gasteiger charge is 2.34. The fourth-order valence-electron chi connectivity index (χ4n) is 2.76. The van der Waals surface area contributed by atoms with Gasteiger partial charge >= 0.3 is 0 Å². The van der Waals surface area contributed by atoms with Crippen molar-refractivity contribution in [3.05, 3.63) is 16.9 Å². The molecule has 5 heteroatoms. The summed E-state index contributed by atoms with van der Waals surface area (Å²) in [6.45, 7) is 9.36. The number of hydrogen-bond donors (Lipinski definition) is 1. The molecule has 0 aromatic carbocycles. The standard InChI is InChI=1S/C14H24ClN3O/c1-5-16-13(12-7-6-10(4)19-12)14-11(15)8-17-18(14)9(2)3/h8-10,12-13,16H,5-7H2,1-4H3. The topological polar surface area (TPSA) is 39.1 Å². The Hall–Kier alpha value is -0.580. The lowest BCUT2D eigenvalue weighted by atomic mass is 10.0. The number of ether oxygens (including phenoxy) is 1. The number of hydrogen-bond acceptors (Lipinski definition) is 3. The minimum absolute atomic E-state index is 0.118. The zero-order valence-corrected chi connectivity index (χ0v) is 12.9. The van der Waals surface area contributed by atoms with E-state index in [0.717, 1.165) is 30.1 Å². The minimum Gasteiger partial charge on any atom is -0.373 e. The first kappa shape index (κ1) is 14.8. The third-order valence-electron chi connectivity index (χ3n) is 3.63. The van der Waals surface area contributed by atoms with Gasteiger partial charge in [0, 0.05) is 6.04 Å². The van der Waals surface area contributed by atoms with Crippen molar-refractivity contribution in [2.45, 2.75) is 64.8 Å². The van der Waals surface area contributed by atoms with Crippen LogP contribution in [0.4, 0.5) is 0 Å². The van der Waals surface area contributed by atoms with Crippen LogP contribution >= 0.6 is 11.6 Å². The van der Waals surface area contributed by atoms with Crippen LogP contribution in [0.3, 0.4) is 0 Å². The second-order valence-electron chi connectivity index (χ2n) is 5.51. The molecule has 3 atom stereocenters. The summed E-state index contributed by atoms with van der Waals surface area (Å²) in [5.74, 6) is 0. The van der Waals surface area contributed by atoms with Gasteiger partial charge in [-0.15, -0.1) is 0 Å². The summed E-state index contributed by atoms with van der Waals surface area (Å²) in [4.78, 5) is 0. The van der Waals surface area contributed by atoms with Crippen molar-refractivity contribution in [2.75, 3.05) is 6.54 Å². The molecule has 1 aliphatic rings. The zero-order valence-electron chi connectivity index (χ0n) is 12.2. The van der Waals surface area contributed by atoms with E-state index in [9.17, 15) is 0 Å². The third-order valence-corrected chi connectivity index (χ3v) is 3.92. The molecule has 0 bridgehead atoms. The lowest BCUT2D eigenvalue weighted by Crippen LogP contribution is -2.34. The Morgan fingerprint density at radius 3 is 2.79 bits per heavy atom. The molecular formula is C14H24ClN3O. The molecule has 1 fully saturated rings. The summed E-state index contributed by atoms with van der Waals surface area (Å²) in [6, 6.07) is 0.412. The molecule has 1 aliphatic heterocycles. The number of nitrogens with one attached hydrogen (secondary N) is 1. The Bertz CT molecular complexity index is 419. The Morgan fingerprint density at radius 2 is 2.26 bits per heavy atom. The van der Waals surface area contributed by atoms with Crippen molar-refractivity contribution in [1.29, 1.82) is 0 Å². The smallest absolute Gasteiger partial charge is 0.0835 e. The van der Waals surface area contributed by atoms with E-state index >= 15 is 0 Å². The van der Waals surface area contributed by atoms with Crippen molar-refractivity contribution < 1.29 is 4.74 Å². The summed E-state index contributed by atoms with van der Waals surface area (Å²) in [6.07, 6.45) is 4.43. The van der Waals surface area contributed by atoms with Gasteiger partial charge in [-0.25, -0.2) is 0 Å². The molecule has 0 saturated carbocycles. The van der Waals surface area contributed by atoms with Crippen molar-refractivity contribution in [3.8, 4) is 0 Å². The van der Waals surface area contributed by atoms with Gasteiger partial charge in [0.05, 0.1) is 35.2 Å². The van der Waals surface area contributed by atoms with Gasteiger partial charge in [-0.2, -0.15) is 5.10 Å². The fraction of sp³-hybridized carbons (Fsp3) is 0.786. The van der Waals surface area contributed by atoms with Gasteiger partial charge in [0.25, 0.3) is 0 Å². The van der Waals surface area contributed by atoms with E-state index in [-0.39, 0.29) is 12.1 Å². The van der Waals surface area contributed by atoms with Gasteiger partial charge in [0.1, 0.15) is 0 Å². The maximum atomic E-state index is 6.36. The maximum absolute atomic E-state index is 6.36. The van der Waals surface area contributed by atoms with E-state index < -0.39 is 0 Å². The molecule has 1 aromatic heterocycles. The van der Waals surface area contributed by atoms with Crippen LogP contribution in [-0.2, 0) is 4.74 Å². The second kappa shape index (κ2) is 6.25. The van der Waals surface area contributed by atoms with Crippen molar-refractivity contribution >= 4 is 11.6 Å². The Labute approximate surface area is 120 Å². The summed E-state index contributed by atoms with van der Waals surface area (Å²) in [5, 5.41) is 8.64. The number of nitrogens with zero attached hydrogens (tertiary/aromatic N) is 2. The molecule has 2 rings (SSSR count). The SMILES string of the molecule is CCNC(c1c(Cl)cnn1C(C)C)C1CCC(C)O1. The van der Waals surface area contributed by atoms with Crippen LogP contribution in [0.25, 0.3) is 0 Å². The molecule has 1 aromatic rings. The summed E-state index contributed by atoms with van der Waals surface area (Å²) < 4.78 is 8.03. The number of rotatable bonds is 5.